The molecule has 0 atom stereocenters. The van der Waals surface area contributed by atoms with Crippen LogP contribution in [0.2, 0.25) is 0 Å². The van der Waals surface area contributed by atoms with Crippen molar-refractivity contribution in [3.8, 4) is 23.7 Å². The van der Waals surface area contributed by atoms with E-state index in [1.807, 2.05) is 24.3 Å². The van der Waals surface area contributed by atoms with Crippen molar-refractivity contribution in [1.29, 1.82) is 0 Å². The summed E-state index contributed by atoms with van der Waals surface area (Å²) >= 11 is 0. The van der Waals surface area contributed by atoms with Gasteiger partial charge in [0.1, 0.15) is 17.5 Å². The molecule has 0 bridgehead atoms. The molecule has 0 spiro atoms. The van der Waals surface area contributed by atoms with E-state index in [4.69, 9.17) is 0 Å². The summed E-state index contributed by atoms with van der Waals surface area (Å²) in [5.74, 6) is 9.21. The zero-order valence-electron chi connectivity index (χ0n) is 17.4. The molecule has 3 aromatic carbocycles. The largest absolute Gasteiger partial charge is 0.207 e. The van der Waals surface area contributed by atoms with Gasteiger partial charge in [0.05, 0.1) is 11.1 Å². The van der Waals surface area contributed by atoms with Gasteiger partial charge in [-0.3, -0.25) is 0 Å². The second kappa shape index (κ2) is 11.1. The van der Waals surface area contributed by atoms with Crippen molar-refractivity contribution < 1.29 is 13.2 Å². The molecule has 3 heteroatoms. The van der Waals surface area contributed by atoms with Crippen LogP contribution in [0, 0.1) is 41.1 Å². The molecule has 3 aromatic rings. The van der Waals surface area contributed by atoms with Crippen molar-refractivity contribution in [3.05, 3.63) is 106 Å². The minimum Gasteiger partial charge on any atom is -0.207 e. The molecule has 31 heavy (non-hydrogen) atoms. The molecule has 0 amide bonds. The number of aryl methyl sites for hydroxylation is 1. The molecule has 3 rings (SSSR count). The van der Waals surface area contributed by atoms with Gasteiger partial charge in [-0.15, -0.1) is 0 Å². The summed E-state index contributed by atoms with van der Waals surface area (Å²) in [6.07, 6.45) is 5.90. The zero-order chi connectivity index (χ0) is 22.1. The van der Waals surface area contributed by atoms with Crippen LogP contribution in [-0.4, -0.2) is 0 Å². The molecular weight excluding hydrogens is 393 g/mol. The first-order valence-corrected chi connectivity index (χ1v) is 10.4. The monoisotopic (exact) mass is 416 g/mol. The van der Waals surface area contributed by atoms with Crippen molar-refractivity contribution in [2.45, 2.75) is 39.0 Å². The molecule has 0 saturated carbocycles. The predicted molar refractivity (Wildman–Crippen MR) is 119 cm³/mol. The minimum atomic E-state index is -0.650. The van der Waals surface area contributed by atoms with E-state index in [0.717, 1.165) is 24.1 Å². The van der Waals surface area contributed by atoms with Gasteiger partial charge in [0.2, 0.25) is 0 Å². The van der Waals surface area contributed by atoms with Crippen LogP contribution in [0.1, 0.15) is 60.4 Å². The Kier molecular flexibility index (Phi) is 7.97. The maximum atomic E-state index is 14.4. The summed E-state index contributed by atoms with van der Waals surface area (Å²) in [5, 5.41) is 0. The molecule has 0 heterocycles. The summed E-state index contributed by atoms with van der Waals surface area (Å²) in [5.41, 5.74) is 2.42. The maximum absolute atomic E-state index is 14.4. The standard InChI is InChI=1S/C28H23F3/c1-2-3-4-5-6-21-7-9-22(10-8-21)11-15-24-19-28(31)25(20-27(24)30)16-12-23-13-17-26(29)18-14-23/h7-10,13-14,17-20H,2-6H2,1H3. The Morgan fingerprint density at radius 1 is 0.613 bits per heavy atom. The number of unbranched alkanes of at least 4 members (excludes halogenated alkanes) is 3. The highest BCUT2D eigenvalue weighted by Gasteiger charge is 2.07. The molecule has 0 aliphatic heterocycles. The third kappa shape index (κ3) is 6.80. The van der Waals surface area contributed by atoms with Crippen molar-refractivity contribution in [3.63, 3.8) is 0 Å². The predicted octanol–water partition coefficient (Wildman–Crippen LogP) is 7.03. The highest BCUT2D eigenvalue weighted by atomic mass is 19.1. The van der Waals surface area contributed by atoms with Gasteiger partial charge in [0, 0.05) is 11.1 Å². The second-order valence-electron chi connectivity index (χ2n) is 7.33. The Morgan fingerprint density at radius 2 is 1.13 bits per heavy atom. The highest BCUT2D eigenvalue weighted by molar-refractivity contribution is 5.49. The number of hydrogen-bond acceptors (Lipinski definition) is 0. The molecule has 0 nitrogen and oxygen atoms in total. The summed E-state index contributed by atoms with van der Waals surface area (Å²) in [6, 6.07) is 15.4. The van der Waals surface area contributed by atoms with Crippen LogP contribution in [0.4, 0.5) is 13.2 Å². The summed E-state index contributed by atoms with van der Waals surface area (Å²) in [4.78, 5) is 0. The number of hydrogen-bond donors (Lipinski definition) is 0. The van der Waals surface area contributed by atoms with Crippen LogP contribution < -0.4 is 0 Å². The van der Waals surface area contributed by atoms with Gasteiger partial charge in [-0.25, -0.2) is 13.2 Å². The molecule has 0 radical (unpaired) electrons. The first-order valence-electron chi connectivity index (χ1n) is 10.4. The number of rotatable bonds is 5. The van der Waals surface area contributed by atoms with Gasteiger partial charge < -0.3 is 0 Å². The molecule has 0 fully saturated rings. The van der Waals surface area contributed by atoms with Crippen LogP contribution >= 0.6 is 0 Å². The highest BCUT2D eigenvalue weighted by Crippen LogP contribution is 2.15. The lowest BCUT2D eigenvalue weighted by Gasteiger charge is -2.01. The Bertz CT molecular complexity index is 1140. The fourth-order valence-electron chi connectivity index (χ4n) is 3.06. The quantitative estimate of drug-likeness (QED) is 0.309. The van der Waals surface area contributed by atoms with Gasteiger partial charge >= 0.3 is 0 Å². The van der Waals surface area contributed by atoms with Crippen LogP contribution in [0.25, 0.3) is 0 Å². The molecule has 0 aliphatic rings. The van der Waals surface area contributed by atoms with Crippen molar-refractivity contribution in [1.82, 2.24) is 0 Å². The van der Waals surface area contributed by atoms with E-state index in [1.165, 1.54) is 55.5 Å². The Hall–Kier alpha value is -3.43. The van der Waals surface area contributed by atoms with Gasteiger partial charge in [-0.05, 0) is 66.9 Å². The van der Waals surface area contributed by atoms with E-state index in [9.17, 15) is 13.2 Å². The first kappa shape index (κ1) is 22.3. The fourth-order valence-corrected chi connectivity index (χ4v) is 3.06. The lowest BCUT2D eigenvalue weighted by molar-refractivity contribution is 0.594. The SMILES string of the molecule is CCCCCCc1ccc(C#Cc2cc(F)c(C#Cc3ccc(F)cc3)cc2F)cc1. The van der Waals surface area contributed by atoms with E-state index in [-0.39, 0.29) is 16.9 Å². The van der Waals surface area contributed by atoms with Gasteiger partial charge in [0.25, 0.3) is 0 Å². The Morgan fingerprint density at radius 3 is 1.65 bits per heavy atom. The van der Waals surface area contributed by atoms with Crippen LogP contribution in [-0.2, 0) is 6.42 Å². The summed E-state index contributed by atoms with van der Waals surface area (Å²) in [6.45, 7) is 2.19. The van der Waals surface area contributed by atoms with Crippen LogP contribution in [0.15, 0.2) is 60.7 Å². The lowest BCUT2D eigenvalue weighted by Crippen LogP contribution is -1.92. The molecule has 0 N–H and O–H groups in total. The van der Waals surface area contributed by atoms with Crippen molar-refractivity contribution in [2.75, 3.05) is 0 Å². The maximum Gasteiger partial charge on any atom is 0.140 e. The van der Waals surface area contributed by atoms with Crippen LogP contribution in [0.5, 0.6) is 0 Å². The van der Waals surface area contributed by atoms with Crippen molar-refractivity contribution in [2.24, 2.45) is 0 Å². The lowest BCUT2D eigenvalue weighted by atomic mass is 10.0. The Labute approximate surface area is 182 Å². The van der Waals surface area contributed by atoms with E-state index in [0.29, 0.717) is 5.56 Å². The minimum absolute atomic E-state index is 0.0199. The first-order chi connectivity index (χ1) is 15.0. The van der Waals surface area contributed by atoms with Gasteiger partial charge in [-0.1, -0.05) is 62.0 Å². The van der Waals surface area contributed by atoms with E-state index >= 15 is 0 Å². The average molecular weight is 416 g/mol. The topological polar surface area (TPSA) is 0 Å². The van der Waals surface area contributed by atoms with E-state index in [1.54, 1.807) is 0 Å². The normalized spacial score (nSPS) is 10.1. The fraction of sp³-hybridized carbons (Fsp3) is 0.214. The molecule has 0 unspecified atom stereocenters. The number of halogens is 3. The number of benzene rings is 3. The van der Waals surface area contributed by atoms with Gasteiger partial charge in [-0.2, -0.15) is 0 Å². The third-order valence-electron chi connectivity index (χ3n) is 4.86. The molecule has 0 aliphatic carbocycles. The van der Waals surface area contributed by atoms with Gasteiger partial charge in [0.15, 0.2) is 0 Å². The second-order valence-corrected chi connectivity index (χ2v) is 7.33. The average Bonchev–Trinajstić information content (AvgIpc) is 2.78. The molecule has 0 aromatic heterocycles. The smallest absolute Gasteiger partial charge is 0.140 e. The zero-order valence-corrected chi connectivity index (χ0v) is 17.4. The molecule has 0 saturated heterocycles. The summed E-state index contributed by atoms with van der Waals surface area (Å²) in [7, 11) is 0. The van der Waals surface area contributed by atoms with Crippen LogP contribution in [0.3, 0.4) is 0 Å². The summed E-state index contributed by atoms with van der Waals surface area (Å²) < 4.78 is 41.7. The third-order valence-corrected chi connectivity index (χ3v) is 4.86. The van der Waals surface area contributed by atoms with E-state index in [2.05, 4.69) is 30.6 Å². The van der Waals surface area contributed by atoms with Crippen molar-refractivity contribution >= 4 is 0 Å². The molecule has 156 valence electrons. The van der Waals surface area contributed by atoms with E-state index < -0.39 is 11.6 Å². The Balaban J connectivity index is 1.70. The molecular formula is C28H23F3.